The van der Waals surface area contributed by atoms with Gasteiger partial charge >= 0.3 is 0 Å². The van der Waals surface area contributed by atoms with Gasteiger partial charge in [0.15, 0.2) is 0 Å². The van der Waals surface area contributed by atoms with Gasteiger partial charge in [-0.25, -0.2) is 0 Å². The van der Waals surface area contributed by atoms with Gasteiger partial charge in [0, 0.05) is 42.4 Å². The van der Waals surface area contributed by atoms with Crippen molar-refractivity contribution >= 4 is 29.0 Å². The predicted octanol–water partition coefficient (Wildman–Crippen LogP) is 2.71. The molecule has 4 nitrogen and oxygen atoms in total. The minimum atomic E-state index is 0.199. The Morgan fingerprint density at radius 3 is 2.43 bits per heavy atom. The maximum Gasteiger partial charge on any atom is 0.233 e. The Morgan fingerprint density at radius 2 is 1.74 bits per heavy atom. The van der Waals surface area contributed by atoms with Crippen LogP contribution < -0.4 is 10.6 Å². The molecule has 0 bridgehead atoms. The number of hydrogen-bond acceptors (Lipinski definition) is 4. The zero-order valence-corrected chi connectivity index (χ0v) is 13.8. The third kappa shape index (κ3) is 4.20. The zero-order chi connectivity index (χ0) is 16.1. The molecule has 0 aromatic heterocycles. The second kappa shape index (κ2) is 7.42. The molecular weight excluding hydrogens is 306 g/mol. The van der Waals surface area contributed by atoms with Crippen LogP contribution in [0.15, 0.2) is 59.5 Å². The van der Waals surface area contributed by atoms with E-state index in [0.717, 1.165) is 36.8 Å². The van der Waals surface area contributed by atoms with Crippen molar-refractivity contribution in [3.63, 3.8) is 0 Å². The number of thioether (sulfide) groups is 1. The van der Waals surface area contributed by atoms with E-state index in [1.165, 1.54) is 5.69 Å². The van der Waals surface area contributed by atoms with Crippen molar-refractivity contribution in [3.05, 3.63) is 54.6 Å². The van der Waals surface area contributed by atoms with Gasteiger partial charge in [0.05, 0.1) is 5.75 Å². The van der Waals surface area contributed by atoms with Crippen LogP contribution in [-0.4, -0.2) is 42.7 Å². The Balaban J connectivity index is 1.48. The number of anilines is 2. The summed E-state index contributed by atoms with van der Waals surface area (Å²) in [5.41, 5.74) is 7.73. The van der Waals surface area contributed by atoms with Crippen LogP contribution in [-0.2, 0) is 4.79 Å². The van der Waals surface area contributed by atoms with Crippen LogP contribution in [0.25, 0.3) is 0 Å². The number of carbonyl (C=O) groups is 1. The molecule has 0 atom stereocenters. The standard InChI is InChI=1S/C18H21N3OS/c19-15-5-4-8-17(13-15)23-14-18(22)21-11-9-20(10-12-21)16-6-2-1-3-7-16/h1-8,13H,9-12,14,19H2. The van der Waals surface area contributed by atoms with Gasteiger partial charge in [-0.1, -0.05) is 24.3 Å². The Hall–Kier alpha value is -2.14. The lowest BCUT2D eigenvalue weighted by Crippen LogP contribution is -2.49. The Labute approximate surface area is 141 Å². The summed E-state index contributed by atoms with van der Waals surface area (Å²) in [7, 11) is 0. The second-order valence-corrected chi connectivity index (χ2v) is 6.61. The highest BCUT2D eigenvalue weighted by atomic mass is 32.2. The Morgan fingerprint density at radius 1 is 1.00 bits per heavy atom. The SMILES string of the molecule is Nc1cccc(SCC(=O)N2CCN(c3ccccc3)CC2)c1. The van der Waals surface area contributed by atoms with Gasteiger partial charge in [0.1, 0.15) is 0 Å². The van der Waals surface area contributed by atoms with Gasteiger partial charge in [0.2, 0.25) is 5.91 Å². The summed E-state index contributed by atoms with van der Waals surface area (Å²) in [6, 6.07) is 18.0. The molecule has 0 spiro atoms. The molecule has 120 valence electrons. The molecule has 1 aliphatic heterocycles. The molecule has 1 fully saturated rings. The van der Waals surface area contributed by atoms with Crippen molar-refractivity contribution < 1.29 is 4.79 Å². The number of carbonyl (C=O) groups excluding carboxylic acids is 1. The van der Waals surface area contributed by atoms with Crippen molar-refractivity contribution in [2.45, 2.75) is 4.90 Å². The van der Waals surface area contributed by atoms with Crippen molar-refractivity contribution in [2.75, 3.05) is 42.6 Å². The first-order chi connectivity index (χ1) is 11.2. The van der Waals surface area contributed by atoms with Crippen LogP contribution in [0, 0.1) is 0 Å². The van der Waals surface area contributed by atoms with E-state index in [1.54, 1.807) is 11.8 Å². The van der Waals surface area contributed by atoms with Crippen LogP contribution in [0.3, 0.4) is 0 Å². The molecule has 23 heavy (non-hydrogen) atoms. The summed E-state index contributed by atoms with van der Waals surface area (Å²) in [6.07, 6.45) is 0. The quantitative estimate of drug-likeness (QED) is 0.693. The van der Waals surface area contributed by atoms with Crippen LogP contribution >= 0.6 is 11.8 Å². The summed E-state index contributed by atoms with van der Waals surface area (Å²) in [5.74, 6) is 0.666. The fourth-order valence-corrected chi connectivity index (χ4v) is 3.56. The van der Waals surface area contributed by atoms with Gasteiger partial charge in [-0.3, -0.25) is 4.79 Å². The smallest absolute Gasteiger partial charge is 0.233 e. The van der Waals surface area contributed by atoms with Gasteiger partial charge in [-0.15, -0.1) is 11.8 Å². The molecule has 2 N–H and O–H groups in total. The lowest BCUT2D eigenvalue weighted by atomic mass is 10.2. The minimum absolute atomic E-state index is 0.199. The van der Waals surface area contributed by atoms with Gasteiger partial charge in [-0.05, 0) is 30.3 Å². The lowest BCUT2D eigenvalue weighted by molar-refractivity contribution is -0.128. The highest BCUT2D eigenvalue weighted by Gasteiger charge is 2.21. The summed E-state index contributed by atoms with van der Waals surface area (Å²) in [6.45, 7) is 3.34. The summed E-state index contributed by atoms with van der Waals surface area (Å²) >= 11 is 1.55. The average molecular weight is 327 g/mol. The molecule has 1 aliphatic rings. The maximum absolute atomic E-state index is 12.4. The lowest BCUT2D eigenvalue weighted by Gasteiger charge is -2.36. The van der Waals surface area contributed by atoms with Crippen molar-refractivity contribution in [1.29, 1.82) is 0 Å². The molecule has 1 saturated heterocycles. The van der Waals surface area contributed by atoms with E-state index in [0.29, 0.717) is 5.75 Å². The molecule has 0 unspecified atom stereocenters. The van der Waals surface area contributed by atoms with E-state index in [-0.39, 0.29) is 5.91 Å². The first-order valence-corrected chi connectivity index (χ1v) is 8.77. The summed E-state index contributed by atoms with van der Waals surface area (Å²) in [4.78, 5) is 17.7. The number of nitrogens with two attached hydrogens (primary N) is 1. The van der Waals surface area contributed by atoms with E-state index in [1.807, 2.05) is 35.2 Å². The molecule has 3 rings (SSSR count). The third-order valence-corrected chi connectivity index (χ3v) is 4.95. The number of nitrogens with zero attached hydrogens (tertiary/aromatic N) is 2. The van der Waals surface area contributed by atoms with E-state index in [9.17, 15) is 4.79 Å². The topological polar surface area (TPSA) is 49.6 Å². The van der Waals surface area contributed by atoms with E-state index >= 15 is 0 Å². The summed E-state index contributed by atoms with van der Waals surface area (Å²) < 4.78 is 0. The number of nitrogen functional groups attached to an aromatic ring is 1. The number of para-hydroxylation sites is 1. The Kier molecular flexibility index (Phi) is 5.08. The molecule has 0 radical (unpaired) electrons. The van der Waals surface area contributed by atoms with Crippen molar-refractivity contribution in [2.24, 2.45) is 0 Å². The molecule has 1 heterocycles. The van der Waals surface area contributed by atoms with Crippen LogP contribution in [0.4, 0.5) is 11.4 Å². The van der Waals surface area contributed by atoms with Crippen molar-refractivity contribution in [3.8, 4) is 0 Å². The third-order valence-electron chi connectivity index (χ3n) is 3.97. The monoisotopic (exact) mass is 327 g/mol. The zero-order valence-electron chi connectivity index (χ0n) is 13.0. The maximum atomic E-state index is 12.4. The van der Waals surface area contributed by atoms with Gasteiger partial charge < -0.3 is 15.5 Å². The van der Waals surface area contributed by atoms with E-state index in [2.05, 4.69) is 29.2 Å². The molecule has 2 aromatic rings. The number of piperazine rings is 1. The van der Waals surface area contributed by atoms with Gasteiger partial charge in [0.25, 0.3) is 0 Å². The first-order valence-electron chi connectivity index (χ1n) is 7.78. The number of benzene rings is 2. The number of amides is 1. The fraction of sp³-hybridized carbons (Fsp3) is 0.278. The van der Waals surface area contributed by atoms with Crippen molar-refractivity contribution in [1.82, 2.24) is 4.90 Å². The fourth-order valence-electron chi connectivity index (χ4n) is 2.69. The predicted molar refractivity (Wildman–Crippen MR) is 96.8 cm³/mol. The molecule has 5 heteroatoms. The minimum Gasteiger partial charge on any atom is -0.399 e. The molecule has 0 aliphatic carbocycles. The largest absolute Gasteiger partial charge is 0.399 e. The molecular formula is C18H21N3OS. The van der Waals surface area contributed by atoms with Crippen LogP contribution in [0.2, 0.25) is 0 Å². The van der Waals surface area contributed by atoms with Crippen LogP contribution in [0.5, 0.6) is 0 Å². The van der Waals surface area contributed by atoms with Gasteiger partial charge in [-0.2, -0.15) is 0 Å². The normalized spacial score (nSPS) is 14.8. The van der Waals surface area contributed by atoms with E-state index in [4.69, 9.17) is 5.73 Å². The molecule has 2 aromatic carbocycles. The number of rotatable bonds is 4. The molecule has 1 amide bonds. The highest BCUT2D eigenvalue weighted by Crippen LogP contribution is 2.21. The first kappa shape index (κ1) is 15.7. The highest BCUT2D eigenvalue weighted by molar-refractivity contribution is 8.00. The number of hydrogen-bond donors (Lipinski definition) is 1. The summed E-state index contributed by atoms with van der Waals surface area (Å²) in [5, 5.41) is 0. The van der Waals surface area contributed by atoms with Crippen LogP contribution in [0.1, 0.15) is 0 Å². The molecule has 0 saturated carbocycles. The Bertz CT molecular complexity index is 654. The van der Waals surface area contributed by atoms with E-state index < -0.39 is 0 Å². The average Bonchev–Trinajstić information content (AvgIpc) is 2.61. The second-order valence-electron chi connectivity index (χ2n) is 5.56.